The van der Waals surface area contributed by atoms with Gasteiger partial charge in [0.1, 0.15) is 5.75 Å². The molecule has 1 saturated heterocycles. The minimum Gasteiger partial charge on any atom is -0.497 e. The second-order valence-corrected chi connectivity index (χ2v) is 7.50. The third kappa shape index (κ3) is 3.99. The molecule has 30 heavy (non-hydrogen) atoms. The summed E-state index contributed by atoms with van der Waals surface area (Å²) in [4.78, 5) is 18.3. The molecule has 1 fully saturated rings. The molecular weight excluding hydrogens is 395 g/mol. The molecule has 0 saturated carbocycles. The van der Waals surface area contributed by atoms with Crippen molar-refractivity contribution in [1.29, 1.82) is 0 Å². The number of imidazole rings is 1. The normalized spacial score (nSPS) is 15.5. The summed E-state index contributed by atoms with van der Waals surface area (Å²) >= 11 is 0. The Labute approximate surface area is 172 Å². The number of nitrogens with zero attached hydrogens (tertiary/aromatic N) is 3. The van der Waals surface area contributed by atoms with Gasteiger partial charge in [-0.3, -0.25) is 4.79 Å². The average Bonchev–Trinajstić information content (AvgIpc) is 3.13. The Balaban J connectivity index is 1.46. The van der Waals surface area contributed by atoms with Gasteiger partial charge in [0.25, 0.3) is 5.91 Å². The number of benzene rings is 2. The standard InChI is InChI=1S/C22H22F3N3O2/c1-30-17-8-6-16(7-9-17)20(29)27-12-10-15(11-13-27)14-28-19-5-3-2-4-18(19)26-21(28)22(23,24)25/h2-9,15H,10-14H2,1H3. The van der Waals surface area contributed by atoms with Crippen LogP contribution in [0, 0.1) is 5.92 Å². The average molecular weight is 417 g/mol. The number of methoxy groups -OCH3 is 1. The Morgan fingerprint density at radius 1 is 1.10 bits per heavy atom. The van der Waals surface area contributed by atoms with Crippen LogP contribution in [0.1, 0.15) is 29.0 Å². The smallest absolute Gasteiger partial charge is 0.449 e. The predicted molar refractivity (Wildman–Crippen MR) is 106 cm³/mol. The Hall–Kier alpha value is -3.03. The molecule has 158 valence electrons. The Kier molecular flexibility index (Phi) is 5.40. The lowest BCUT2D eigenvalue weighted by Gasteiger charge is -2.32. The molecule has 4 rings (SSSR count). The highest BCUT2D eigenvalue weighted by atomic mass is 19.4. The number of carbonyl (C=O) groups excluding carboxylic acids is 1. The van der Waals surface area contributed by atoms with Crippen LogP contribution < -0.4 is 4.74 Å². The Bertz CT molecular complexity index is 1040. The molecule has 1 aliphatic heterocycles. The van der Waals surface area contributed by atoms with Crippen molar-refractivity contribution in [2.45, 2.75) is 25.6 Å². The highest BCUT2D eigenvalue weighted by Crippen LogP contribution is 2.33. The summed E-state index contributed by atoms with van der Waals surface area (Å²) in [6.07, 6.45) is -3.22. The first kappa shape index (κ1) is 20.3. The summed E-state index contributed by atoms with van der Waals surface area (Å²) in [5.41, 5.74) is 1.41. The number of carbonyl (C=O) groups is 1. The lowest BCUT2D eigenvalue weighted by atomic mass is 9.96. The molecule has 5 nitrogen and oxygen atoms in total. The minimum atomic E-state index is -4.51. The van der Waals surface area contributed by atoms with Crippen molar-refractivity contribution >= 4 is 16.9 Å². The van der Waals surface area contributed by atoms with Crippen molar-refractivity contribution < 1.29 is 22.7 Å². The molecule has 1 amide bonds. The van der Waals surface area contributed by atoms with Gasteiger partial charge in [-0.15, -0.1) is 0 Å². The van der Waals surface area contributed by atoms with Gasteiger partial charge in [0.15, 0.2) is 0 Å². The van der Waals surface area contributed by atoms with Crippen molar-refractivity contribution in [3.05, 3.63) is 59.9 Å². The molecule has 0 spiro atoms. The van der Waals surface area contributed by atoms with Gasteiger partial charge in [0.05, 0.1) is 18.1 Å². The van der Waals surface area contributed by atoms with Crippen LogP contribution in [0.5, 0.6) is 5.75 Å². The van der Waals surface area contributed by atoms with E-state index in [2.05, 4.69) is 4.98 Å². The number of fused-ring (bicyclic) bond motifs is 1. The van der Waals surface area contributed by atoms with Crippen LogP contribution in [-0.4, -0.2) is 40.6 Å². The molecule has 3 aromatic rings. The summed E-state index contributed by atoms with van der Waals surface area (Å²) in [5, 5.41) is 0. The predicted octanol–water partition coefficient (Wildman–Crippen LogP) is 4.62. The highest BCUT2D eigenvalue weighted by molar-refractivity contribution is 5.94. The van der Waals surface area contributed by atoms with E-state index in [0.717, 1.165) is 0 Å². The first-order valence-corrected chi connectivity index (χ1v) is 9.82. The fourth-order valence-electron chi connectivity index (χ4n) is 3.97. The molecule has 0 unspecified atom stereocenters. The highest BCUT2D eigenvalue weighted by Gasteiger charge is 2.38. The summed E-state index contributed by atoms with van der Waals surface area (Å²) < 4.78 is 46.9. The van der Waals surface area contributed by atoms with E-state index in [1.165, 1.54) is 4.57 Å². The van der Waals surface area contributed by atoms with Crippen LogP contribution in [0.2, 0.25) is 0 Å². The fraction of sp³-hybridized carbons (Fsp3) is 0.364. The van der Waals surface area contributed by atoms with Gasteiger partial charge in [0, 0.05) is 25.2 Å². The molecule has 1 aromatic heterocycles. The van der Waals surface area contributed by atoms with Crippen LogP contribution in [0.3, 0.4) is 0 Å². The topological polar surface area (TPSA) is 47.4 Å². The molecule has 0 N–H and O–H groups in total. The first-order chi connectivity index (χ1) is 14.4. The van der Waals surface area contributed by atoms with Gasteiger partial charge < -0.3 is 14.2 Å². The molecule has 0 radical (unpaired) electrons. The number of aromatic nitrogens is 2. The van der Waals surface area contributed by atoms with Gasteiger partial charge in [-0.25, -0.2) is 4.98 Å². The second kappa shape index (κ2) is 8.01. The minimum absolute atomic E-state index is 0.0450. The fourth-order valence-corrected chi connectivity index (χ4v) is 3.97. The number of hydrogen-bond acceptors (Lipinski definition) is 3. The number of piperidine rings is 1. The van der Waals surface area contributed by atoms with Crippen LogP contribution in [-0.2, 0) is 12.7 Å². The van der Waals surface area contributed by atoms with E-state index in [9.17, 15) is 18.0 Å². The first-order valence-electron chi connectivity index (χ1n) is 9.82. The van der Waals surface area contributed by atoms with E-state index < -0.39 is 12.0 Å². The number of rotatable bonds is 4. The van der Waals surface area contributed by atoms with Gasteiger partial charge in [-0.2, -0.15) is 13.2 Å². The monoisotopic (exact) mass is 417 g/mol. The SMILES string of the molecule is COc1ccc(C(=O)N2CCC(Cn3c(C(F)(F)F)nc4ccccc43)CC2)cc1. The maximum Gasteiger partial charge on any atom is 0.449 e. The lowest BCUT2D eigenvalue weighted by Crippen LogP contribution is -2.39. The van der Waals surface area contributed by atoms with Crippen LogP contribution >= 0.6 is 0 Å². The van der Waals surface area contributed by atoms with E-state index in [0.29, 0.717) is 48.3 Å². The maximum atomic E-state index is 13.5. The van der Waals surface area contributed by atoms with E-state index >= 15 is 0 Å². The molecule has 0 aliphatic carbocycles. The molecule has 0 bridgehead atoms. The zero-order chi connectivity index (χ0) is 21.3. The van der Waals surface area contributed by atoms with Crippen molar-refractivity contribution in [2.24, 2.45) is 5.92 Å². The van der Waals surface area contributed by atoms with E-state index in [1.54, 1.807) is 60.5 Å². The lowest BCUT2D eigenvalue weighted by molar-refractivity contribution is -0.147. The van der Waals surface area contributed by atoms with Crippen molar-refractivity contribution in [2.75, 3.05) is 20.2 Å². The number of para-hydroxylation sites is 2. The van der Waals surface area contributed by atoms with E-state index in [4.69, 9.17) is 4.74 Å². The molecular formula is C22H22F3N3O2. The van der Waals surface area contributed by atoms with Crippen LogP contribution in [0.15, 0.2) is 48.5 Å². The maximum absolute atomic E-state index is 13.5. The number of halogens is 3. The zero-order valence-corrected chi connectivity index (χ0v) is 16.5. The van der Waals surface area contributed by atoms with Gasteiger partial charge in [-0.05, 0) is 55.2 Å². The molecule has 1 aliphatic rings. The number of alkyl halides is 3. The third-order valence-corrected chi connectivity index (χ3v) is 5.59. The second-order valence-electron chi connectivity index (χ2n) is 7.50. The Morgan fingerprint density at radius 3 is 2.40 bits per heavy atom. The Morgan fingerprint density at radius 2 is 1.77 bits per heavy atom. The molecule has 2 heterocycles. The van der Waals surface area contributed by atoms with Crippen molar-refractivity contribution in [1.82, 2.24) is 14.5 Å². The molecule has 0 atom stereocenters. The third-order valence-electron chi connectivity index (χ3n) is 5.59. The van der Waals surface area contributed by atoms with Gasteiger partial charge >= 0.3 is 6.18 Å². The summed E-state index contributed by atoms with van der Waals surface area (Å²) in [7, 11) is 1.56. The summed E-state index contributed by atoms with van der Waals surface area (Å²) in [5.74, 6) is -0.206. The largest absolute Gasteiger partial charge is 0.497 e. The number of amides is 1. The van der Waals surface area contributed by atoms with Gasteiger partial charge in [0.2, 0.25) is 5.82 Å². The molecule has 2 aromatic carbocycles. The summed E-state index contributed by atoms with van der Waals surface area (Å²) in [6, 6.07) is 13.6. The quantitative estimate of drug-likeness (QED) is 0.623. The van der Waals surface area contributed by atoms with Gasteiger partial charge in [-0.1, -0.05) is 12.1 Å². The summed E-state index contributed by atoms with van der Waals surface area (Å²) in [6.45, 7) is 1.27. The zero-order valence-electron chi connectivity index (χ0n) is 16.5. The number of ether oxygens (including phenoxy) is 1. The molecule has 8 heteroatoms. The van der Waals surface area contributed by atoms with Crippen LogP contribution in [0.4, 0.5) is 13.2 Å². The van der Waals surface area contributed by atoms with E-state index in [-0.39, 0.29) is 18.4 Å². The van der Waals surface area contributed by atoms with Crippen molar-refractivity contribution in [3.8, 4) is 5.75 Å². The number of hydrogen-bond donors (Lipinski definition) is 0. The van der Waals surface area contributed by atoms with Crippen LogP contribution in [0.25, 0.3) is 11.0 Å². The van der Waals surface area contributed by atoms with E-state index in [1.807, 2.05) is 0 Å². The number of likely N-dealkylation sites (tertiary alicyclic amines) is 1. The van der Waals surface area contributed by atoms with Crippen molar-refractivity contribution in [3.63, 3.8) is 0 Å².